The van der Waals surface area contributed by atoms with E-state index in [1.165, 1.54) is 6.42 Å². The van der Waals surface area contributed by atoms with Crippen LogP contribution in [0.5, 0.6) is 0 Å². The van der Waals surface area contributed by atoms with Gasteiger partial charge in [-0.05, 0) is 31.9 Å². The summed E-state index contributed by atoms with van der Waals surface area (Å²) in [4.78, 5) is 18.5. The van der Waals surface area contributed by atoms with E-state index in [2.05, 4.69) is 10.1 Å². The minimum Gasteiger partial charge on any atom is -0.377 e. The topological polar surface area (TPSA) is 58.8 Å². The molecule has 2 aliphatic heterocycles. The SMILES string of the molecule is Cc1cc(CSc2ccccc2C(=O)N2CCN(CC3CCCO3)CC2)on1. The van der Waals surface area contributed by atoms with Crippen LogP contribution in [0.15, 0.2) is 39.8 Å². The van der Waals surface area contributed by atoms with Crippen molar-refractivity contribution in [3.63, 3.8) is 0 Å². The standard InChI is InChI=1S/C21H27N3O3S/c1-16-13-18(27-22-16)15-28-20-7-3-2-6-19(20)21(25)24-10-8-23(9-11-24)14-17-5-4-12-26-17/h2-3,6-7,13,17H,4-5,8-12,14-15H2,1H3. The maximum Gasteiger partial charge on any atom is 0.255 e. The smallest absolute Gasteiger partial charge is 0.255 e. The average Bonchev–Trinajstić information content (AvgIpc) is 3.38. The normalized spacial score (nSPS) is 20.6. The predicted octanol–water partition coefficient (Wildman–Crippen LogP) is 3.21. The highest BCUT2D eigenvalue weighted by atomic mass is 32.2. The number of thioether (sulfide) groups is 1. The summed E-state index contributed by atoms with van der Waals surface area (Å²) in [7, 11) is 0. The summed E-state index contributed by atoms with van der Waals surface area (Å²) >= 11 is 1.62. The van der Waals surface area contributed by atoms with Gasteiger partial charge in [0.05, 0.1) is 23.1 Å². The fourth-order valence-corrected chi connectivity index (χ4v) is 4.70. The molecule has 0 saturated carbocycles. The summed E-state index contributed by atoms with van der Waals surface area (Å²) in [5.41, 5.74) is 1.65. The summed E-state index contributed by atoms with van der Waals surface area (Å²) in [6, 6.07) is 9.78. The van der Waals surface area contributed by atoms with E-state index < -0.39 is 0 Å². The van der Waals surface area contributed by atoms with Crippen LogP contribution in [0.4, 0.5) is 0 Å². The third-order valence-corrected chi connectivity index (χ3v) is 6.41. The van der Waals surface area contributed by atoms with Gasteiger partial charge < -0.3 is 14.2 Å². The van der Waals surface area contributed by atoms with Gasteiger partial charge >= 0.3 is 0 Å². The number of hydrogen-bond donors (Lipinski definition) is 0. The molecule has 0 spiro atoms. The van der Waals surface area contributed by atoms with Gasteiger partial charge in [-0.3, -0.25) is 9.69 Å². The molecule has 1 aromatic heterocycles. The first kappa shape index (κ1) is 19.5. The van der Waals surface area contributed by atoms with E-state index in [1.807, 2.05) is 42.2 Å². The summed E-state index contributed by atoms with van der Waals surface area (Å²) in [5, 5.41) is 3.93. The molecular formula is C21H27N3O3S. The molecule has 4 rings (SSSR count). The van der Waals surface area contributed by atoms with Gasteiger partial charge in [0.15, 0.2) is 0 Å². The van der Waals surface area contributed by atoms with Crippen LogP contribution in [0.25, 0.3) is 0 Å². The first-order valence-electron chi connectivity index (χ1n) is 9.96. The molecule has 28 heavy (non-hydrogen) atoms. The van der Waals surface area contributed by atoms with E-state index in [0.29, 0.717) is 11.9 Å². The maximum absolute atomic E-state index is 13.1. The highest BCUT2D eigenvalue weighted by Gasteiger charge is 2.26. The zero-order valence-corrected chi connectivity index (χ0v) is 17.1. The van der Waals surface area contributed by atoms with Crippen molar-refractivity contribution >= 4 is 17.7 Å². The molecule has 0 bridgehead atoms. The van der Waals surface area contributed by atoms with Crippen LogP contribution in [0.2, 0.25) is 0 Å². The molecule has 2 saturated heterocycles. The van der Waals surface area contributed by atoms with Crippen LogP contribution in [-0.2, 0) is 10.5 Å². The number of aryl methyl sites for hydroxylation is 1. The third-order valence-electron chi connectivity index (χ3n) is 5.31. The quantitative estimate of drug-likeness (QED) is 0.693. The number of piperazine rings is 1. The molecule has 3 heterocycles. The molecule has 2 aliphatic rings. The monoisotopic (exact) mass is 401 g/mol. The Hall–Kier alpha value is -1.83. The fraction of sp³-hybridized carbons (Fsp3) is 0.524. The Morgan fingerprint density at radius 3 is 2.79 bits per heavy atom. The van der Waals surface area contributed by atoms with Gasteiger partial charge in [0, 0.05) is 50.3 Å². The third kappa shape index (κ3) is 4.77. The number of nitrogens with zero attached hydrogens (tertiary/aromatic N) is 3. The zero-order valence-electron chi connectivity index (χ0n) is 16.3. The Balaban J connectivity index is 1.34. The van der Waals surface area contributed by atoms with E-state index in [4.69, 9.17) is 9.26 Å². The lowest BCUT2D eigenvalue weighted by Crippen LogP contribution is -2.50. The number of amides is 1. The zero-order chi connectivity index (χ0) is 19.3. The van der Waals surface area contributed by atoms with Crippen LogP contribution >= 0.6 is 11.8 Å². The van der Waals surface area contributed by atoms with Crippen molar-refractivity contribution in [3.05, 3.63) is 47.3 Å². The lowest BCUT2D eigenvalue weighted by molar-refractivity contribution is 0.0431. The fourth-order valence-electron chi connectivity index (χ4n) is 3.78. The number of rotatable bonds is 6. The Morgan fingerprint density at radius 1 is 1.25 bits per heavy atom. The average molecular weight is 402 g/mol. The van der Waals surface area contributed by atoms with Crippen molar-refractivity contribution in [3.8, 4) is 0 Å². The minimum absolute atomic E-state index is 0.119. The molecule has 0 N–H and O–H groups in total. The van der Waals surface area contributed by atoms with Gasteiger partial charge in [-0.2, -0.15) is 0 Å². The molecule has 1 amide bonds. The van der Waals surface area contributed by atoms with Crippen molar-refractivity contribution in [2.24, 2.45) is 0 Å². The number of hydrogen-bond acceptors (Lipinski definition) is 6. The van der Waals surface area contributed by atoms with Gasteiger partial charge in [0.2, 0.25) is 0 Å². The van der Waals surface area contributed by atoms with Crippen molar-refractivity contribution in [2.45, 2.75) is 36.5 Å². The van der Waals surface area contributed by atoms with E-state index >= 15 is 0 Å². The summed E-state index contributed by atoms with van der Waals surface area (Å²) in [5.74, 6) is 1.61. The number of aromatic nitrogens is 1. The second-order valence-electron chi connectivity index (χ2n) is 7.45. The second kappa shape index (κ2) is 9.11. The number of carbonyl (C=O) groups excluding carboxylic acids is 1. The molecule has 1 atom stereocenters. The van der Waals surface area contributed by atoms with E-state index in [1.54, 1.807) is 11.8 Å². The molecule has 7 heteroatoms. The summed E-state index contributed by atoms with van der Waals surface area (Å²) in [6.07, 6.45) is 2.71. The molecule has 150 valence electrons. The van der Waals surface area contributed by atoms with Crippen molar-refractivity contribution in [1.29, 1.82) is 0 Å². The lowest BCUT2D eigenvalue weighted by atomic mass is 10.1. The molecule has 6 nitrogen and oxygen atoms in total. The molecule has 1 aromatic carbocycles. The van der Waals surface area contributed by atoms with Gasteiger partial charge in [-0.25, -0.2) is 0 Å². The maximum atomic E-state index is 13.1. The summed E-state index contributed by atoms with van der Waals surface area (Å²) in [6.45, 7) is 7.16. The molecular weight excluding hydrogens is 374 g/mol. The van der Waals surface area contributed by atoms with E-state index in [9.17, 15) is 4.79 Å². The van der Waals surface area contributed by atoms with Gasteiger partial charge in [-0.15, -0.1) is 11.8 Å². The van der Waals surface area contributed by atoms with E-state index in [0.717, 1.165) is 67.7 Å². The molecule has 1 unspecified atom stereocenters. The number of carbonyl (C=O) groups is 1. The van der Waals surface area contributed by atoms with Gasteiger partial charge in [0.1, 0.15) is 5.76 Å². The summed E-state index contributed by atoms with van der Waals surface area (Å²) < 4.78 is 11.0. The number of benzene rings is 1. The Kier molecular flexibility index (Phi) is 6.34. The highest BCUT2D eigenvalue weighted by molar-refractivity contribution is 7.98. The van der Waals surface area contributed by atoms with Crippen molar-refractivity contribution in [2.75, 3.05) is 39.3 Å². The van der Waals surface area contributed by atoms with E-state index in [-0.39, 0.29) is 5.91 Å². The molecule has 0 radical (unpaired) electrons. The first-order chi connectivity index (χ1) is 13.7. The molecule has 2 fully saturated rings. The first-order valence-corrected chi connectivity index (χ1v) is 10.9. The minimum atomic E-state index is 0.119. The van der Waals surface area contributed by atoms with Crippen LogP contribution < -0.4 is 0 Å². The van der Waals surface area contributed by atoms with Gasteiger partial charge in [-0.1, -0.05) is 17.3 Å². The Morgan fingerprint density at radius 2 is 2.07 bits per heavy atom. The molecule has 2 aromatic rings. The van der Waals surface area contributed by atoms with Crippen LogP contribution in [-0.4, -0.2) is 66.3 Å². The lowest BCUT2D eigenvalue weighted by Gasteiger charge is -2.36. The van der Waals surface area contributed by atoms with Crippen LogP contribution in [0.1, 0.15) is 34.7 Å². The number of ether oxygens (including phenoxy) is 1. The van der Waals surface area contributed by atoms with Crippen LogP contribution in [0.3, 0.4) is 0 Å². The Bertz CT molecular complexity index is 796. The van der Waals surface area contributed by atoms with Gasteiger partial charge in [0.25, 0.3) is 5.91 Å². The van der Waals surface area contributed by atoms with Crippen molar-refractivity contribution < 1.29 is 14.1 Å². The highest BCUT2D eigenvalue weighted by Crippen LogP contribution is 2.28. The van der Waals surface area contributed by atoms with Crippen LogP contribution in [0, 0.1) is 6.92 Å². The molecule has 0 aliphatic carbocycles. The largest absolute Gasteiger partial charge is 0.377 e. The second-order valence-corrected chi connectivity index (χ2v) is 8.46. The van der Waals surface area contributed by atoms with Crippen molar-refractivity contribution in [1.82, 2.24) is 15.0 Å². The predicted molar refractivity (Wildman–Crippen MR) is 109 cm³/mol. The Labute approximate surface area is 170 Å².